The molecule has 1 aliphatic heterocycles. The van der Waals surface area contributed by atoms with Gasteiger partial charge in [-0.05, 0) is 38.3 Å². The van der Waals surface area contributed by atoms with Crippen LogP contribution in [0.2, 0.25) is 0 Å². The van der Waals surface area contributed by atoms with E-state index in [4.69, 9.17) is 0 Å². The molecule has 0 bridgehead atoms. The Morgan fingerprint density at radius 2 is 2.11 bits per heavy atom. The van der Waals surface area contributed by atoms with Crippen LogP contribution in [0.4, 0.5) is 0 Å². The lowest BCUT2D eigenvalue weighted by molar-refractivity contribution is -0.00105. The first kappa shape index (κ1) is 15.9. The van der Waals surface area contributed by atoms with Gasteiger partial charge in [-0.15, -0.1) is 0 Å². The molecule has 0 spiro atoms. The summed E-state index contributed by atoms with van der Waals surface area (Å²) in [6, 6.07) is 0.559. The summed E-state index contributed by atoms with van der Waals surface area (Å²) < 4.78 is 0. The molecule has 0 amide bonds. The third-order valence-corrected chi connectivity index (χ3v) is 4.83. The molecule has 1 heterocycles. The molecule has 0 saturated carbocycles. The fourth-order valence-electron chi connectivity index (χ4n) is 2.77. The first-order chi connectivity index (χ1) is 8.40. The van der Waals surface area contributed by atoms with Crippen molar-refractivity contribution in [3.05, 3.63) is 0 Å². The molecule has 1 saturated heterocycles. The lowest BCUT2D eigenvalue weighted by Crippen LogP contribution is -2.53. The maximum absolute atomic E-state index is 10.4. The minimum Gasteiger partial charge on any atom is -0.389 e. The van der Waals surface area contributed by atoms with Crippen LogP contribution < -0.4 is 5.32 Å². The number of hydrogen-bond acceptors (Lipinski definition) is 3. The van der Waals surface area contributed by atoms with Gasteiger partial charge in [0.1, 0.15) is 0 Å². The molecule has 1 fully saturated rings. The van der Waals surface area contributed by atoms with Crippen LogP contribution in [-0.4, -0.2) is 47.8 Å². The molecular weight excluding hydrogens is 224 g/mol. The first-order valence-corrected chi connectivity index (χ1v) is 7.58. The summed E-state index contributed by atoms with van der Waals surface area (Å²) >= 11 is 0. The molecule has 0 aromatic rings. The Morgan fingerprint density at radius 1 is 1.44 bits per heavy atom. The number of aliphatic hydroxyl groups is 1. The van der Waals surface area contributed by atoms with E-state index in [1.807, 2.05) is 6.92 Å². The molecule has 3 nitrogen and oxygen atoms in total. The second kappa shape index (κ2) is 6.88. The zero-order valence-electron chi connectivity index (χ0n) is 12.9. The monoisotopic (exact) mass is 256 g/mol. The van der Waals surface area contributed by atoms with Gasteiger partial charge in [0, 0.05) is 19.1 Å². The molecular formula is C15H32N2O. The van der Waals surface area contributed by atoms with Gasteiger partial charge in [0.15, 0.2) is 0 Å². The zero-order chi connectivity index (χ0) is 13.8. The average molecular weight is 256 g/mol. The van der Waals surface area contributed by atoms with Crippen LogP contribution in [0.5, 0.6) is 0 Å². The molecule has 0 aliphatic carbocycles. The van der Waals surface area contributed by atoms with Crippen LogP contribution in [0.25, 0.3) is 0 Å². The Bertz CT molecular complexity index is 243. The number of piperidine rings is 1. The minimum absolute atomic E-state index is 0.344. The highest BCUT2D eigenvalue weighted by Gasteiger charge is 2.30. The molecule has 18 heavy (non-hydrogen) atoms. The predicted molar refractivity (Wildman–Crippen MR) is 77.8 cm³/mol. The second-order valence-electron chi connectivity index (χ2n) is 6.31. The Balaban J connectivity index is 2.40. The quantitative estimate of drug-likeness (QED) is 0.764. The van der Waals surface area contributed by atoms with Crippen molar-refractivity contribution < 1.29 is 5.11 Å². The van der Waals surface area contributed by atoms with Crippen molar-refractivity contribution in [2.75, 3.05) is 26.2 Å². The molecule has 3 heteroatoms. The normalized spacial score (nSPS) is 31.0. The summed E-state index contributed by atoms with van der Waals surface area (Å²) in [4.78, 5) is 2.51. The van der Waals surface area contributed by atoms with Gasteiger partial charge in [-0.1, -0.05) is 34.1 Å². The van der Waals surface area contributed by atoms with Crippen LogP contribution in [0.15, 0.2) is 0 Å². The van der Waals surface area contributed by atoms with Crippen LogP contribution in [0.1, 0.15) is 47.5 Å². The summed E-state index contributed by atoms with van der Waals surface area (Å²) in [6.45, 7) is 15.0. The Kier molecular flexibility index (Phi) is 6.09. The summed E-state index contributed by atoms with van der Waals surface area (Å²) in [5.41, 5.74) is -0.587. The van der Waals surface area contributed by atoms with E-state index in [1.165, 1.54) is 19.5 Å². The largest absolute Gasteiger partial charge is 0.389 e. The summed E-state index contributed by atoms with van der Waals surface area (Å²) in [7, 11) is 0. The summed E-state index contributed by atoms with van der Waals surface area (Å²) in [6.07, 6.45) is 2.23. The number of likely N-dealkylation sites (tertiary alicyclic amines) is 1. The van der Waals surface area contributed by atoms with Gasteiger partial charge >= 0.3 is 0 Å². The molecule has 0 aromatic heterocycles. The van der Waals surface area contributed by atoms with Gasteiger partial charge in [-0.2, -0.15) is 0 Å². The number of rotatable bonds is 6. The SMILES string of the molecule is CCC(C)C(C)(O)CNC1CCN(CC)CC1C. The number of nitrogens with zero attached hydrogens (tertiary/aromatic N) is 1. The average Bonchev–Trinajstić information content (AvgIpc) is 2.36. The Morgan fingerprint density at radius 3 is 2.61 bits per heavy atom. The smallest absolute Gasteiger partial charge is 0.0768 e. The third-order valence-electron chi connectivity index (χ3n) is 4.83. The highest BCUT2D eigenvalue weighted by molar-refractivity contribution is 4.87. The van der Waals surface area contributed by atoms with E-state index in [2.05, 4.69) is 37.9 Å². The molecule has 4 atom stereocenters. The van der Waals surface area contributed by atoms with Crippen molar-refractivity contribution in [3.63, 3.8) is 0 Å². The van der Waals surface area contributed by atoms with E-state index in [-0.39, 0.29) is 0 Å². The van der Waals surface area contributed by atoms with E-state index in [1.54, 1.807) is 0 Å². The molecule has 0 radical (unpaired) electrons. The summed E-state index contributed by atoms with van der Waals surface area (Å²) in [5.74, 6) is 1.02. The topological polar surface area (TPSA) is 35.5 Å². The fraction of sp³-hybridized carbons (Fsp3) is 1.00. The van der Waals surface area contributed by atoms with E-state index in [0.29, 0.717) is 24.4 Å². The predicted octanol–water partition coefficient (Wildman–Crippen LogP) is 2.10. The molecule has 1 rings (SSSR count). The van der Waals surface area contributed by atoms with Gasteiger partial charge in [-0.3, -0.25) is 0 Å². The van der Waals surface area contributed by atoms with Gasteiger partial charge in [0.2, 0.25) is 0 Å². The zero-order valence-corrected chi connectivity index (χ0v) is 12.9. The maximum Gasteiger partial charge on any atom is 0.0768 e. The van der Waals surface area contributed by atoms with E-state index in [9.17, 15) is 5.11 Å². The fourth-order valence-corrected chi connectivity index (χ4v) is 2.77. The standard InChI is InChI=1S/C15H32N2O/c1-6-13(4)15(5,18)11-16-14-8-9-17(7-2)10-12(14)3/h12-14,16,18H,6-11H2,1-5H3. The highest BCUT2D eigenvalue weighted by atomic mass is 16.3. The second-order valence-corrected chi connectivity index (χ2v) is 6.31. The minimum atomic E-state index is -0.587. The third kappa shape index (κ3) is 4.22. The van der Waals surface area contributed by atoms with E-state index >= 15 is 0 Å². The number of hydrogen-bond donors (Lipinski definition) is 2. The Labute approximate surface area is 113 Å². The summed E-state index contributed by atoms with van der Waals surface area (Å²) in [5, 5.41) is 14.0. The van der Waals surface area contributed by atoms with E-state index < -0.39 is 5.60 Å². The van der Waals surface area contributed by atoms with Crippen LogP contribution in [-0.2, 0) is 0 Å². The highest BCUT2D eigenvalue weighted by Crippen LogP contribution is 2.21. The van der Waals surface area contributed by atoms with Crippen molar-refractivity contribution in [3.8, 4) is 0 Å². The lowest BCUT2D eigenvalue weighted by Gasteiger charge is -2.39. The molecule has 1 aliphatic rings. The van der Waals surface area contributed by atoms with E-state index in [0.717, 1.165) is 13.0 Å². The van der Waals surface area contributed by atoms with Crippen LogP contribution in [0, 0.1) is 11.8 Å². The Hall–Kier alpha value is -0.120. The lowest BCUT2D eigenvalue weighted by atomic mass is 9.87. The van der Waals surface area contributed by atoms with Crippen LogP contribution >= 0.6 is 0 Å². The molecule has 4 unspecified atom stereocenters. The number of nitrogens with one attached hydrogen (secondary N) is 1. The van der Waals surface area contributed by atoms with Gasteiger partial charge < -0.3 is 15.3 Å². The van der Waals surface area contributed by atoms with Crippen LogP contribution in [0.3, 0.4) is 0 Å². The van der Waals surface area contributed by atoms with Crippen molar-refractivity contribution in [2.24, 2.45) is 11.8 Å². The first-order valence-electron chi connectivity index (χ1n) is 7.58. The van der Waals surface area contributed by atoms with Gasteiger partial charge in [0.25, 0.3) is 0 Å². The van der Waals surface area contributed by atoms with Crippen molar-refractivity contribution in [1.82, 2.24) is 10.2 Å². The van der Waals surface area contributed by atoms with Crippen molar-refractivity contribution >= 4 is 0 Å². The van der Waals surface area contributed by atoms with Crippen molar-refractivity contribution in [2.45, 2.75) is 59.1 Å². The van der Waals surface area contributed by atoms with Crippen molar-refractivity contribution in [1.29, 1.82) is 0 Å². The molecule has 0 aromatic carbocycles. The molecule has 108 valence electrons. The van der Waals surface area contributed by atoms with Gasteiger partial charge in [0.05, 0.1) is 5.60 Å². The molecule has 2 N–H and O–H groups in total. The maximum atomic E-state index is 10.4. The van der Waals surface area contributed by atoms with Gasteiger partial charge in [-0.25, -0.2) is 0 Å².